The minimum atomic E-state index is 1.09. The van der Waals surface area contributed by atoms with Crippen LogP contribution in [-0.4, -0.2) is 9.13 Å². The number of para-hydroxylation sites is 3. The van der Waals surface area contributed by atoms with Gasteiger partial charge in [-0.05, 0) is 49.4 Å². The predicted molar refractivity (Wildman–Crippen MR) is 134 cm³/mol. The van der Waals surface area contributed by atoms with Gasteiger partial charge in [0.25, 0.3) is 0 Å². The lowest BCUT2D eigenvalue weighted by molar-refractivity contribution is 1.18. The third-order valence-corrected chi connectivity index (χ3v) is 6.25. The maximum atomic E-state index is 4.06. The number of hydrogen-bond donors (Lipinski definition) is 0. The second-order valence-corrected chi connectivity index (χ2v) is 7.81. The van der Waals surface area contributed by atoms with Gasteiger partial charge < -0.3 is 9.13 Å². The zero-order valence-corrected chi connectivity index (χ0v) is 17.4. The molecular formula is C29H22N2. The van der Waals surface area contributed by atoms with Crippen LogP contribution in [0.15, 0.2) is 110 Å². The van der Waals surface area contributed by atoms with Crippen LogP contribution < -0.4 is 0 Å². The number of benzene rings is 4. The van der Waals surface area contributed by atoms with E-state index in [1.807, 2.05) is 6.08 Å². The van der Waals surface area contributed by atoms with Gasteiger partial charge >= 0.3 is 0 Å². The first-order valence-electron chi connectivity index (χ1n) is 10.6. The SMILES string of the molecule is C=C/C(=C\C)n1c2ccccc2c2c3c4ccccc4n(-c4ccccc4)c3ccc21. The van der Waals surface area contributed by atoms with Crippen molar-refractivity contribution in [2.75, 3.05) is 0 Å². The van der Waals surface area contributed by atoms with Crippen LogP contribution in [-0.2, 0) is 0 Å². The molecule has 4 aromatic carbocycles. The van der Waals surface area contributed by atoms with E-state index >= 15 is 0 Å². The first-order valence-corrected chi connectivity index (χ1v) is 10.6. The van der Waals surface area contributed by atoms with Crippen molar-refractivity contribution >= 4 is 49.3 Å². The molecule has 0 atom stereocenters. The van der Waals surface area contributed by atoms with Crippen molar-refractivity contribution in [3.63, 3.8) is 0 Å². The highest BCUT2D eigenvalue weighted by Crippen LogP contribution is 2.42. The molecule has 0 amide bonds. The minimum Gasteiger partial charge on any atom is -0.310 e. The fraction of sp³-hybridized carbons (Fsp3) is 0.0345. The van der Waals surface area contributed by atoms with E-state index in [0.29, 0.717) is 0 Å². The van der Waals surface area contributed by atoms with Crippen molar-refractivity contribution in [2.24, 2.45) is 0 Å². The summed E-state index contributed by atoms with van der Waals surface area (Å²) >= 11 is 0. The standard InChI is InChI=1S/C29H22N2/c1-3-20(4-2)30-24-16-10-8-14-22(24)28-26(30)18-19-27-29(28)23-15-9-11-17-25(23)31(27)21-12-6-5-7-13-21/h3-19H,1H2,2H3/b20-4+. The number of rotatable bonds is 3. The molecule has 0 spiro atoms. The van der Waals surface area contributed by atoms with Gasteiger partial charge in [-0.2, -0.15) is 0 Å². The molecule has 0 unspecified atom stereocenters. The molecule has 0 bridgehead atoms. The van der Waals surface area contributed by atoms with E-state index in [1.165, 1.54) is 49.3 Å². The average molecular weight is 399 g/mol. The molecule has 2 aromatic heterocycles. The Kier molecular flexibility index (Phi) is 3.87. The summed E-state index contributed by atoms with van der Waals surface area (Å²) in [5.41, 5.74) is 7.13. The largest absolute Gasteiger partial charge is 0.310 e. The van der Waals surface area contributed by atoms with Crippen LogP contribution in [0.2, 0.25) is 0 Å². The summed E-state index contributed by atoms with van der Waals surface area (Å²) < 4.78 is 4.70. The Balaban J connectivity index is 1.91. The molecule has 0 saturated heterocycles. The lowest BCUT2D eigenvalue weighted by Gasteiger charge is -2.09. The molecular weight excluding hydrogens is 376 g/mol. The molecule has 0 aliphatic carbocycles. The van der Waals surface area contributed by atoms with Crippen molar-refractivity contribution in [3.8, 4) is 5.69 Å². The smallest absolute Gasteiger partial charge is 0.0548 e. The fourth-order valence-corrected chi connectivity index (χ4v) is 4.99. The van der Waals surface area contributed by atoms with Gasteiger partial charge in [0.05, 0.1) is 22.1 Å². The summed E-state index contributed by atoms with van der Waals surface area (Å²) in [7, 11) is 0. The minimum absolute atomic E-state index is 1.09. The summed E-state index contributed by atoms with van der Waals surface area (Å²) in [4.78, 5) is 0. The Morgan fingerprint density at radius 1 is 0.645 bits per heavy atom. The van der Waals surface area contributed by atoms with E-state index in [-0.39, 0.29) is 0 Å². The Labute approximate surface area is 180 Å². The maximum Gasteiger partial charge on any atom is 0.0548 e. The molecule has 31 heavy (non-hydrogen) atoms. The molecule has 148 valence electrons. The van der Waals surface area contributed by atoms with Crippen molar-refractivity contribution in [1.29, 1.82) is 0 Å². The molecule has 2 heterocycles. The summed E-state index contributed by atoms with van der Waals surface area (Å²) in [6, 6.07) is 32.5. The monoisotopic (exact) mass is 398 g/mol. The highest BCUT2D eigenvalue weighted by Gasteiger charge is 2.19. The number of aromatic nitrogens is 2. The summed E-state index contributed by atoms with van der Waals surface area (Å²) in [5.74, 6) is 0. The molecule has 0 aliphatic rings. The number of fused-ring (bicyclic) bond motifs is 7. The lowest BCUT2D eigenvalue weighted by atomic mass is 10.1. The molecule has 0 fully saturated rings. The van der Waals surface area contributed by atoms with Gasteiger partial charge in [0, 0.05) is 32.9 Å². The van der Waals surface area contributed by atoms with E-state index in [1.54, 1.807) is 0 Å². The van der Waals surface area contributed by atoms with Crippen LogP contribution >= 0.6 is 0 Å². The van der Waals surface area contributed by atoms with Crippen molar-refractivity contribution in [3.05, 3.63) is 110 Å². The van der Waals surface area contributed by atoms with Crippen LogP contribution in [0.3, 0.4) is 0 Å². The maximum absolute atomic E-state index is 4.06. The third kappa shape index (κ3) is 2.39. The number of hydrogen-bond acceptors (Lipinski definition) is 0. The quantitative estimate of drug-likeness (QED) is 0.268. The van der Waals surface area contributed by atoms with E-state index in [2.05, 4.69) is 120 Å². The molecule has 2 heteroatoms. The zero-order chi connectivity index (χ0) is 20.9. The predicted octanol–water partition coefficient (Wildman–Crippen LogP) is 7.94. The number of nitrogens with zero attached hydrogens (tertiary/aromatic N) is 2. The van der Waals surface area contributed by atoms with Crippen LogP contribution in [0, 0.1) is 0 Å². The summed E-state index contributed by atoms with van der Waals surface area (Å²) in [5, 5.41) is 5.13. The van der Waals surface area contributed by atoms with E-state index in [0.717, 1.165) is 5.70 Å². The van der Waals surface area contributed by atoms with Gasteiger partial charge in [-0.15, -0.1) is 0 Å². The lowest BCUT2D eigenvalue weighted by Crippen LogP contribution is -1.94. The highest BCUT2D eigenvalue weighted by molar-refractivity contribution is 6.29. The van der Waals surface area contributed by atoms with Crippen LogP contribution in [0.1, 0.15) is 6.92 Å². The van der Waals surface area contributed by atoms with E-state index in [9.17, 15) is 0 Å². The van der Waals surface area contributed by atoms with Gasteiger partial charge in [-0.25, -0.2) is 0 Å². The fourth-order valence-electron chi connectivity index (χ4n) is 4.99. The molecule has 6 rings (SSSR count). The van der Waals surface area contributed by atoms with Gasteiger partial charge in [-0.3, -0.25) is 0 Å². The molecule has 6 aromatic rings. The van der Waals surface area contributed by atoms with Crippen molar-refractivity contribution < 1.29 is 0 Å². The molecule has 2 nitrogen and oxygen atoms in total. The molecule has 0 saturated carbocycles. The summed E-state index contributed by atoms with van der Waals surface area (Å²) in [6.07, 6.45) is 4.06. The van der Waals surface area contributed by atoms with Crippen LogP contribution in [0.4, 0.5) is 0 Å². The Morgan fingerprint density at radius 3 is 1.94 bits per heavy atom. The van der Waals surface area contributed by atoms with E-state index in [4.69, 9.17) is 0 Å². The van der Waals surface area contributed by atoms with Gasteiger partial charge in [0.2, 0.25) is 0 Å². The summed E-state index contributed by atoms with van der Waals surface area (Å²) in [6.45, 7) is 6.13. The molecule has 0 aliphatic heterocycles. The van der Waals surface area contributed by atoms with Crippen LogP contribution in [0.25, 0.3) is 55.0 Å². The normalized spacial score (nSPS) is 12.4. The van der Waals surface area contributed by atoms with E-state index < -0.39 is 0 Å². The third-order valence-electron chi connectivity index (χ3n) is 6.25. The molecule has 0 radical (unpaired) electrons. The van der Waals surface area contributed by atoms with Crippen LogP contribution in [0.5, 0.6) is 0 Å². The Hall–Kier alpha value is -4.04. The Morgan fingerprint density at radius 2 is 1.23 bits per heavy atom. The second-order valence-electron chi connectivity index (χ2n) is 7.81. The first-order chi connectivity index (χ1) is 15.3. The zero-order valence-electron chi connectivity index (χ0n) is 17.4. The number of allylic oxidation sites excluding steroid dienone is 3. The van der Waals surface area contributed by atoms with Crippen molar-refractivity contribution in [1.82, 2.24) is 9.13 Å². The highest BCUT2D eigenvalue weighted by atomic mass is 15.0. The van der Waals surface area contributed by atoms with Gasteiger partial charge in [0.15, 0.2) is 0 Å². The topological polar surface area (TPSA) is 9.86 Å². The van der Waals surface area contributed by atoms with Crippen molar-refractivity contribution in [2.45, 2.75) is 6.92 Å². The average Bonchev–Trinajstić information content (AvgIpc) is 3.34. The second kappa shape index (κ2) is 6.75. The Bertz CT molecular complexity index is 1640. The van der Waals surface area contributed by atoms with Gasteiger partial charge in [-0.1, -0.05) is 67.3 Å². The van der Waals surface area contributed by atoms with Gasteiger partial charge in [0.1, 0.15) is 0 Å². The first kappa shape index (κ1) is 17.8. The molecule has 0 N–H and O–H groups in total.